The molecule has 0 radical (unpaired) electrons. The van der Waals surface area contributed by atoms with E-state index in [1.807, 2.05) is 0 Å². The molecule has 2 aromatic rings. The van der Waals surface area contributed by atoms with Crippen LogP contribution in [0.3, 0.4) is 0 Å². The monoisotopic (exact) mass is 480 g/mol. The predicted octanol–water partition coefficient (Wildman–Crippen LogP) is 9.25. The van der Waals surface area contributed by atoms with Crippen molar-refractivity contribution in [1.29, 1.82) is 0 Å². The van der Waals surface area contributed by atoms with Gasteiger partial charge in [-0.15, -0.1) is 0 Å². The smallest absolute Gasteiger partial charge is 0.612 e. The molecular weight excluding hydrogens is 431 g/mol. The van der Waals surface area contributed by atoms with Gasteiger partial charge in [-0.2, -0.15) is 0 Å². The van der Waals surface area contributed by atoms with Crippen LogP contribution in [0.25, 0.3) is 0 Å². The van der Waals surface area contributed by atoms with E-state index < -0.39 is 14.8 Å². The van der Waals surface area contributed by atoms with Gasteiger partial charge in [-0.1, -0.05) is 83.2 Å². The van der Waals surface area contributed by atoms with E-state index in [0.29, 0.717) is 0 Å². The lowest BCUT2D eigenvalue weighted by molar-refractivity contribution is 0.419. The Morgan fingerprint density at radius 2 is 1.03 bits per heavy atom. The highest BCUT2D eigenvalue weighted by molar-refractivity contribution is 6.44. The van der Waals surface area contributed by atoms with Crippen LogP contribution >= 0.6 is 0 Å². The SMILES string of the molecule is CCCCc1cc(C)c([O][Al]([CH3])[O]c2c(CCCC)cc(C)cc2CCCC)c(CCCC)c1. The van der Waals surface area contributed by atoms with Crippen LogP contribution in [-0.4, -0.2) is 14.8 Å². The predicted molar refractivity (Wildman–Crippen MR) is 150 cm³/mol. The molecule has 0 bridgehead atoms. The molecule has 0 aliphatic heterocycles. The molecule has 2 aromatic carbocycles. The molecule has 2 nitrogen and oxygen atoms in total. The third-order valence-electron chi connectivity index (χ3n) is 6.58. The van der Waals surface area contributed by atoms with Crippen molar-refractivity contribution in [3.8, 4) is 11.5 Å². The van der Waals surface area contributed by atoms with Crippen LogP contribution in [0, 0.1) is 13.8 Å². The molecule has 0 unspecified atom stereocenters. The Balaban J connectivity index is 2.32. The Morgan fingerprint density at radius 3 is 1.53 bits per heavy atom. The molecule has 188 valence electrons. The quantitative estimate of drug-likeness (QED) is 0.223. The zero-order chi connectivity index (χ0) is 24.9. The van der Waals surface area contributed by atoms with Gasteiger partial charge in [0.15, 0.2) is 0 Å². The number of unbranched alkanes of at least 4 members (excludes halogenated alkanes) is 4. The van der Waals surface area contributed by atoms with Crippen molar-refractivity contribution in [2.24, 2.45) is 0 Å². The third-order valence-corrected chi connectivity index (χ3v) is 7.72. The van der Waals surface area contributed by atoms with Crippen LogP contribution in [0.1, 0.15) is 112 Å². The van der Waals surface area contributed by atoms with Gasteiger partial charge in [0.2, 0.25) is 0 Å². The molecule has 0 N–H and O–H groups in total. The molecule has 0 aliphatic rings. The summed E-state index contributed by atoms with van der Waals surface area (Å²) in [6.45, 7) is 13.5. The van der Waals surface area contributed by atoms with Gasteiger partial charge in [-0.3, -0.25) is 0 Å². The Morgan fingerprint density at radius 1 is 0.588 bits per heavy atom. The van der Waals surface area contributed by atoms with Crippen LogP contribution in [0.15, 0.2) is 24.3 Å². The Kier molecular flexibility index (Phi) is 13.2. The number of rotatable bonds is 16. The first-order valence-electron chi connectivity index (χ1n) is 14.0. The number of hydrogen-bond donors (Lipinski definition) is 0. The molecule has 0 aromatic heterocycles. The van der Waals surface area contributed by atoms with E-state index in [9.17, 15) is 0 Å². The molecule has 34 heavy (non-hydrogen) atoms. The van der Waals surface area contributed by atoms with Crippen LogP contribution in [-0.2, 0) is 25.7 Å². The van der Waals surface area contributed by atoms with Crippen molar-refractivity contribution in [2.45, 2.75) is 124 Å². The van der Waals surface area contributed by atoms with Crippen molar-refractivity contribution in [3.63, 3.8) is 0 Å². The Hall–Kier alpha value is -1.43. The van der Waals surface area contributed by atoms with Crippen LogP contribution in [0.5, 0.6) is 11.5 Å². The van der Waals surface area contributed by atoms with Crippen molar-refractivity contribution < 1.29 is 7.58 Å². The highest BCUT2D eigenvalue weighted by Crippen LogP contribution is 2.32. The topological polar surface area (TPSA) is 18.5 Å². The van der Waals surface area contributed by atoms with E-state index in [0.717, 1.165) is 37.2 Å². The zero-order valence-electron chi connectivity index (χ0n) is 23.2. The van der Waals surface area contributed by atoms with E-state index in [1.54, 1.807) is 0 Å². The van der Waals surface area contributed by atoms with Gasteiger partial charge in [0.05, 0.1) is 11.5 Å². The normalized spacial score (nSPS) is 11.0. The molecular formula is C31H49AlO2. The molecule has 0 atom stereocenters. The largest absolute Gasteiger partial charge is 0.853 e. The van der Waals surface area contributed by atoms with Crippen molar-refractivity contribution >= 4 is 14.8 Å². The standard InChI is InChI=1S/2C15H24O.CH3.Al/c1-4-6-8-13-10-12(3)15(16)14(11-13)9-7-5-2;1-4-6-8-13-10-12(3)11-14(15(13)16)9-7-5-2;;/h2*10-11,16H,4-9H2,1-3H3;1H3;/q;;;+2/p-2. The maximum Gasteiger partial charge on any atom is 0.853 e. The van der Waals surface area contributed by atoms with Crippen LogP contribution in [0.2, 0.25) is 5.79 Å². The van der Waals surface area contributed by atoms with Gasteiger partial charge in [0, 0.05) is 0 Å². The first-order chi connectivity index (χ1) is 16.4. The number of aryl methyl sites for hydroxylation is 6. The summed E-state index contributed by atoms with van der Waals surface area (Å²) in [5.74, 6) is 4.41. The summed E-state index contributed by atoms with van der Waals surface area (Å²) in [5, 5.41) is 0. The summed E-state index contributed by atoms with van der Waals surface area (Å²) < 4.78 is 13.5. The fraction of sp³-hybridized carbons (Fsp3) is 0.613. The molecule has 0 amide bonds. The maximum atomic E-state index is 6.76. The second-order valence-corrected chi connectivity index (χ2v) is 11.6. The van der Waals surface area contributed by atoms with Crippen LogP contribution in [0.4, 0.5) is 0 Å². The molecule has 3 heteroatoms. The summed E-state index contributed by atoms with van der Waals surface area (Å²) in [5.41, 5.74) is 8.18. The van der Waals surface area contributed by atoms with E-state index in [4.69, 9.17) is 7.58 Å². The lowest BCUT2D eigenvalue weighted by atomic mass is 9.97. The molecule has 0 aliphatic carbocycles. The van der Waals surface area contributed by atoms with Gasteiger partial charge in [-0.25, -0.2) is 0 Å². The van der Waals surface area contributed by atoms with E-state index in [2.05, 4.69) is 71.6 Å². The van der Waals surface area contributed by atoms with Gasteiger partial charge in [0.1, 0.15) is 0 Å². The molecule has 0 saturated carbocycles. The van der Waals surface area contributed by atoms with E-state index in [-0.39, 0.29) is 0 Å². The molecule has 2 rings (SSSR count). The third kappa shape index (κ3) is 8.98. The number of hydrogen-bond acceptors (Lipinski definition) is 2. The van der Waals surface area contributed by atoms with Crippen LogP contribution < -0.4 is 7.58 Å². The first-order valence-corrected chi connectivity index (χ1v) is 16.1. The van der Waals surface area contributed by atoms with E-state index >= 15 is 0 Å². The van der Waals surface area contributed by atoms with Crippen molar-refractivity contribution in [1.82, 2.24) is 0 Å². The second kappa shape index (κ2) is 15.5. The fourth-order valence-corrected chi connectivity index (χ4v) is 6.07. The van der Waals surface area contributed by atoms with E-state index in [1.165, 1.54) is 84.7 Å². The lowest BCUT2D eigenvalue weighted by Gasteiger charge is -2.23. The summed E-state index contributed by atoms with van der Waals surface area (Å²) in [6.07, 6.45) is 14.1. The Bertz CT molecular complexity index is 845. The molecule has 0 saturated heterocycles. The minimum absolute atomic E-state index is 1.08. The van der Waals surface area contributed by atoms with Crippen molar-refractivity contribution in [3.05, 3.63) is 57.6 Å². The summed E-state index contributed by atoms with van der Waals surface area (Å²) in [4.78, 5) is 0. The van der Waals surface area contributed by atoms with Gasteiger partial charge in [-0.05, 0) is 98.8 Å². The highest BCUT2D eigenvalue weighted by atomic mass is 27.2. The van der Waals surface area contributed by atoms with Crippen molar-refractivity contribution in [2.75, 3.05) is 0 Å². The highest BCUT2D eigenvalue weighted by Gasteiger charge is 2.29. The van der Waals surface area contributed by atoms with Gasteiger partial charge >= 0.3 is 14.8 Å². The molecule has 0 heterocycles. The summed E-state index contributed by atoms with van der Waals surface area (Å²) in [6, 6.07) is 9.41. The average molecular weight is 481 g/mol. The average Bonchev–Trinajstić information content (AvgIpc) is 2.81. The maximum absolute atomic E-state index is 6.76. The number of benzene rings is 2. The van der Waals surface area contributed by atoms with Gasteiger partial charge in [0.25, 0.3) is 0 Å². The minimum atomic E-state index is -1.92. The van der Waals surface area contributed by atoms with Gasteiger partial charge < -0.3 is 7.58 Å². The summed E-state index contributed by atoms with van der Waals surface area (Å²) in [7, 11) is 0. The first kappa shape index (κ1) is 28.8. The lowest BCUT2D eigenvalue weighted by Crippen LogP contribution is -2.28. The minimum Gasteiger partial charge on any atom is -0.612 e. The second-order valence-electron chi connectivity index (χ2n) is 10.0. The fourth-order valence-electron chi connectivity index (χ4n) is 4.72. The molecule has 0 spiro atoms. The Labute approximate surface area is 215 Å². The molecule has 0 fully saturated rings. The zero-order valence-corrected chi connectivity index (χ0v) is 24.3. The summed E-state index contributed by atoms with van der Waals surface area (Å²) >= 11 is -1.92.